The first kappa shape index (κ1) is 10.2. The van der Waals surface area contributed by atoms with Gasteiger partial charge in [0.1, 0.15) is 0 Å². The molecule has 0 rings (SSSR count). The molecule has 44 valence electrons. The van der Waals surface area contributed by atoms with E-state index >= 15 is 0 Å². The molecule has 0 aliphatic heterocycles. The van der Waals surface area contributed by atoms with Gasteiger partial charge in [0.05, 0.1) is 0 Å². The lowest BCUT2D eigenvalue weighted by atomic mass is 11.8. The highest BCUT2D eigenvalue weighted by molar-refractivity contribution is 6.69. The summed E-state index contributed by atoms with van der Waals surface area (Å²) in [6, 6.07) is 0. The molecule has 0 saturated carbocycles. The largest absolute Gasteiger partial charge is 0.421 e. The molecule has 0 aliphatic carbocycles. The van der Waals surface area contributed by atoms with Crippen molar-refractivity contribution in [3.63, 3.8) is 0 Å². The maximum absolute atomic E-state index is 5.08. The van der Waals surface area contributed by atoms with E-state index in [4.69, 9.17) is 4.43 Å². The van der Waals surface area contributed by atoms with Crippen molar-refractivity contribution >= 4 is 8.32 Å². The molecule has 0 unspecified atom stereocenters. The van der Waals surface area contributed by atoms with Crippen LogP contribution in [-0.2, 0) is 4.43 Å². The van der Waals surface area contributed by atoms with Gasteiger partial charge in [-0.1, -0.05) is 0 Å². The van der Waals surface area contributed by atoms with Gasteiger partial charge in [-0.3, -0.25) is 0 Å². The van der Waals surface area contributed by atoms with Gasteiger partial charge in [-0.05, 0) is 19.6 Å². The van der Waals surface area contributed by atoms with Gasteiger partial charge in [-0.15, -0.1) is 0 Å². The molecule has 3 heteroatoms. The molecule has 0 fully saturated rings. The lowest BCUT2D eigenvalue weighted by Gasteiger charge is -2.10. The maximum Gasteiger partial charge on any atom is 0.183 e. The van der Waals surface area contributed by atoms with Crippen LogP contribution in [0.15, 0.2) is 0 Å². The molecule has 0 heterocycles. The first-order valence-corrected chi connectivity index (χ1v) is 5.52. The van der Waals surface area contributed by atoms with E-state index in [0.29, 0.717) is 0 Å². The van der Waals surface area contributed by atoms with Gasteiger partial charge in [0.15, 0.2) is 8.32 Å². The quantitative estimate of drug-likeness (QED) is 0.478. The summed E-state index contributed by atoms with van der Waals surface area (Å²) in [7, 11) is 0.639. The van der Waals surface area contributed by atoms with Crippen molar-refractivity contribution in [2.45, 2.75) is 19.6 Å². The molecular formula is C4H13NOSi. The predicted octanol–water partition coefficient (Wildman–Crippen LogP) is 1.20. The molecule has 2 nitrogen and oxygen atoms in total. The Morgan fingerprint density at radius 1 is 1.14 bits per heavy atom. The zero-order chi connectivity index (χ0) is 5.21. The number of rotatable bonds is 1. The Morgan fingerprint density at radius 3 is 1.29 bits per heavy atom. The van der Waals surface area contributed by atoms with Crippen LogP contribution in [0, 0.1) is 0 Å². The standard InChI is InChI=1S/C4H12OSi.HN/c1-5-6(2,3)4;/h1-4H3;1H. The summed E-state index contributed by atoms with van der Waals surface area (Å²) < 4.78 is 5.08. The van der Waals surface area contributed by atoms with E-state index in [2.05, 4.69) is 19.6 Å². The van der Waals surface area contributed by atoms with Crippen LogP contribution in [0.2, 0.25) is 19.6 Å². The van der Waals surface area contributed by atoms with E-state index < -0.39 is 8.32 Å². The summed E-state index contributed by atoms with van der Waals surface area (Å²) in [5.41, 5.74) is 0. The molecule has 0 aromatic heterocycles. The van der Waals surface area contributed by atoms with E-state index in [9.17, 15) is 0 Å². The van der Waals surface area contributed by atoms with Crippen LogP contribution >= 0.6 is 0 Å². The van der Waals surface area contributed by atoms with Crippen LogP contribution in [0.25, 0.3) is 0 Å². The fraction of sp³-hybridized carbons (Fsp3) is 1.00. The molecule has 0 aliphatic rings. The minimum atomic E-state index is -1.13. The van der Waals surface area contributed by atoms with E-state index in [0.717, 1.165) is 0 Å². The van der Waals surface area contributed by atoms with Crippen LogP contribution in [0.5, 0.6) is 0 Å². The highest BCUT2D eigenvalue weighted by Crippen LogP contribution is 1.97. The van der Waals surface area contributed by atoms with Crippen LogP contribution in [0.1, 0.15) is 0 Å². The summed E-state index contributed by atoms with van der Waals surface area (Å²) in [5, 5.41) is 0. The van der Waals surface area contributed by atoms with E-state index in [1.807, 2.05) is 0 Å². The van der Waals surface area contributed by atoms with Gasteiger partial charge < -0.3 is 4.43 Å². The average molecular weight is 119 g/mol. The van der Waals surface area contributed by atoms with Crippen molar-refractivity contribution in [2.24, 2.45) is 0 Å². The zero-order valence-corrected chi connectivity index (χ0v) is 6.41. The Labute approximate surface area is 46.6 Å². The summed E-state index contributed by atoms with van der Waals surface area (Å²) in [6.07, 6.45) is 0. The molecule has 0 aromatic carbocycles. The Kier molecular flexibility index (Phi) is 4.63. The third-order valence-electron chi connectivity index (χ3n) is 0.612. The third-order valence-corrected chi connectivity index (χ3v) is 1.84. The normalized spacial score (nSPS) is 10.3. The molecule has 7 heavy (non-hydrogen) atoms. The highest BCUT2D eigenvalue weighted by atomic mass is 28.4. The van der Waals surface area contributed by atoms with Gasteiger partial charge in [0, 0.05) is 7.11 Å². The summed E-state index contributed by atoms with van der Waals surface area (Å²) in [4.78, 5) is 0. The second kappa shape index (κ2) is 3.18. The number of nitrogens with one attached hydrogen (secondary N) is 1. The van der Waals surface area contributed by atoms with E-state index in [1.165, 1.54) is 0 Å². The fourth-order valence-corrected chi connectivity index (χ4v) is 0. The summed E-state index contributed by atoms with van der Waals surface area (Å²) >= 11 is 0. The second-order valence-electron chi connectivity index (χ2n) is 2.32. The van der Waals surface area contributed by atoms with Gasteiger partial charge in [0.25, 0.3) is 0 Å². The van der Waals surface area contributed by atoms with Gasteiger partial charge in [-0.25, -0.2) is 0 Å². The SMILES string of the molecule is CO[Si](C)(C)C.[NH]. The Hall–Kier alpha value is 0.137. The minimum Gasteiger partial charge on any atom is -0.421 e. The lowest BCUT2D eigenvalue weighted by molar-refractivity contribution is 0.411. The number of hydrogen-bond donors (Lipinski definition) is 0. The van der Waals surface area contributed by atoms with Gasteiger partial charge in [-0.2, -0.15) is 6.15 Å². The second-order valence-corrected chi connectivity index (χ2v) is 6.95. The third kappa shape index (κ3) is 10.7. The Bertz CT molecular complexity index is 41.4. The van der Waals surface area contributed by atoms with Crippen molar-refractivity contribution < 1.29 is 4.43 Å². The predicted molar refractivity (Wildman–Crippen MR) is 33.5 cm³/mol. The monoisotopic (exact) mass is 119 g/mol. The Morgan fingerprint density at radius 2 is 1.29 bits per heavy atom. The van der Waals surface area contributed by atoms with Crippen molar-refractivity contribution in [2.75, 3.05) is 7.11 Å². The minimum absolute atomic E-state index is 0. The van der Waals surface area contributed by atoms with Crippen LogP contribution in [0.4, 0.5) is 0 Å². The molecule has 0 saturated heterocycles. The topological polar surface area (TPSA) is 41.2 Å². The molecule has 2 radical (unpaired) electrons. The van der Waals surface area contributed by atoms with Crippen LogP contribution in [0.3, 0.4) is 0 Å². The molecule has 0 amide bonds. The van der Waals surface area contributed by atoms with Crippen molar-refractivity contribution in [3.8, 4) is 0 Å². The van der Waals surface area contributed by atoms with Gasteiger partial charge in [0.2, 0.25) is 0 Å². The fourth-order valence-electron chi connectivity index (χ4n) is 0. The van der Waals surface area contributed by atoms with E-state index in [-0.39, 0.29) is 6.15 Å². The smallest absolute Gasteiger partial charge is 0.183 e. The summed E-state index contributed by atoms with van der Waals surface area (Å²) in [6.45, 7) is 6.48. The van der Waals surface area contributed by atoms with Gasteiger partial charge >= 0.3 is 0 Å². The van der Waals surface area contributed by atoms with Crippen molar-refractivity contribution in [1.82, 2.24) is 6.15 Å². The molecule has 0 atom stereocenters. The van der Waals surface area contributed by atoms with E-state index in [1.54, 1.807) is 7.11 Å². The molecule has 0 bridgehead atoms. The van der Waals surface area contributed by atoms with Crippen molar-refractivity contribution in [1.29, 1.82) is 0 Å². The zero-order valence-electron chi connectivity index (χ0n) is 5.41. The van der Waals surface area contributed by atoms with Crippen LogP contribution in [-0.4, -0.2) is 15.4 Å². The lowest BCUT2D eigenvalue weighted by Crippen LogP contribution is -2.22. The first-order valence-electron chi connectivity index (χ1n) is 2.11. The Balaban J connectivity index is 0. The average Bonchev–Trinajstić information content (AvgIpc) is 1.35. The molecular weight excluding hydrogens is 106 g/mol. The van der Waals surface area contributed by atoms with Crippen molar-refractivity contribution in [3.05, 3.63) is 0 Å². The highest BCUT2D eigenvalue weighted by Gasteiger charge is 2.09. The summed E-state index contributed by atoms with van der Waals surface area (Å²) in [5.74, 6) is 0. The molecule has 0 spiro atoms. The number of hydrogen-bond acceptors (Lipinski definition) is 1. The molecule has 1 N–H and O–H groups in total. The maximum atomic E-state index is 5.08. The van der Waals surface area contributed by atoms with Crippen LogP contribution < -0.4 is 6.15 Å². The first-order chi connectivity index (χ1) is 2.56. The molecule has 0 aromatic rings.